The van der Waals surface area contributed by atoms with E-state index in [4.69, 9.17) is 5.73 Å². The van der Waals surface area contributed by atoms with Crippen LogP contribution in [0, 0.1) is 11.6 Å². The molecule has 0 spiro atoms. The molecule has 2 rings (SSSR count). The number of hydrogen-bond acceptors (Lipinski definition) is 3. The second-order valence-electron chi connectivity index (χ2n) is 4.12. The van der Waals surface area contributed by atoms with E-state index in [9.17, 15) is 8.78 Å². The van der Waals surface area contributed by atoms with E-state index in [0.717, 1.165) is 11.8 Å². The minimum atomic E-state index is -0.779. The molecule has 2 aromatic rings. The first-order valence-corrected chi connectivity index (χ1v) is 5.38. The maximum Gasteiger partial charge on any atom is 0.158 e. The average Bonchev–Trinajstić information content (AvgIpc) is 2.36. The number of nitrogens with two attached hydrogens (primary N) is 1. The molecule has 1 aromatic heterocycles. The number of anilines is 2. The highest BCUT2D eigenvalue weighted by Crippen LogP contribution is 2.28. The van der Waals surface area contributed by atoms with Crippen LogP contribution in [-0.4, -0.2) is 19.1 Å². The zero-order chi connectivity index (χ0) is 13.3. The summed E-state index contributed by atoms with van der Waals surface area (Å²) in [6.45, 7) is 0. The Balaban J connectivity index is 2.55. The highest BCUT2D eigenvalue weighted by atomic mass is 19.1. The van der Waals surface area contributed by atoms with Gasteiger partial charge in [-0.25, -0.2) is 8.78 Å². The minimum Gasteiger partial charge on any atom is -0.394 e. The normalized spacial score (nSPS) is 10.4. The molecule has 0 aliphatic rings. The molecule has 0 saturated carbocycles. The molecule has 0 atom stereocenters. The van der Waals surface area contributed by atoms with Gasteiger partial charge in [-0.05, 0) is 24.3 Å². The first-order chi connectivity index (χ1) is 8.50. The highest BCUT2D eigenvalue weighted by molar-refractivity contribution is 5.68. The van der Waals surface area contributed by atoms with Crippen molar-refractivity contribution in [2.75, 3.05) is 24.7 Å². The van der Waals surface area contributed by atoms with Crippen LogP contribution in [0.25, 0.3) is 11.3 Å². The van der Waals surface area contributed by atoms with Crippen LogP contribution in [-0.2, 0) is 0 Å². The molecule has 0 bridgehead atoms. The van der Waals surface area contributed by atoms with Gasteiger partial charge in [0.25, 0.3) is 0 Å². The number of aromatic nitrogens is 1. The van der Waals surface area contributed by atoms with Gasteiger partial charge in [-0.1, -0.05) is 0 Å². The van der Waals surface area contributed by atoms with Crippen molar-refractivity contribution in [3.8, 4) is 11.3 Å². The molecule has 0 aliphatic heterocycles. The van der Waals surface area contributed by atoms with Crippen molar-refractivity contribution < 1.29 is 8.78 Å². The fourth-order valence-electron chi connectivity index (χ4n) is 1.61. The third-order valence-corrected chi connectivity index (χ3v) is 2.66. The number of hydrogen-bond donors (Lipinski definition) is 1. The summed E-state index contributed by atoms with van der Waals surface area (Å²) >= 11 is 0. The third kappa shape index (κ3) is 2.11. The van der Waals surface area contributed by atoms with Gasteiger partial charge in [0, 0.05) is 31.5 Å². The Kier molecular flexibility index (Phi) is 3.14. The minimum absolute atomic E-state index is 0.192. The second-order valence-corrected chi connectivity index (χ2v) is 4.12. The molecule has 1 aromatic carbocycles. The largest absolute Gasteiger partial charge is 0.394 e. The lowest BCUT2D eigenvalue weighted by Crippen LogP contribution is -2.08. The molecule has 0 aliphatic carbocycles. The van der Waals surface area contributed by atoms with Gasteiger partial charge in [-0.2, -0.15) is 0 Å². The van der Waals surface area contributed by atoms with E-state index < -0.39 is 17.3 Å². The maximum absolute atomic E-state index is 13.9. The lowest BCUT2D eigenvalue weighted by Gasteiger charge is -2.13. The summed E-state index contributed by atoms with van der Waals surface area (Å²) in [4.78, 5) is 5.95. The molecule has 0 unspecified atom stereocenters. The lowest BCUT2D eigenvalue weighted by molar-refractivity contribution is 0.593. The van der Waals surface area contributed by atoms with Crippen LogP contribution in [0.4, 0.5) is 20.2 Å². The fourth-order valence-corrected chi connectivity index (χ4v) is 1.61. The van der Waals surface area contributed by atoms with Crippen molar-refractivity contribution in [1.82, 2.24) is 4.98 Å². The Morgan fingerprint density at radius 1 is 1.17 bits per heavy atom. The Morgan fingerprint density at radius 2 is 1.89 bits per heavy atom. The summed E-state index contributed by atoms with van der Waals surface area (Å²) < 4.78 is 27.0. The summed E-state index contributed by atoms with van der Waals surface area (Å²) in [7, 11) is 3.74. The fraction of sp³-hybridized carbons (Fsp3) is 0.154. The number of rotatable bonds is 2. The van der Waals surface area contributed by atoms with E-state index in [1.807, 2.05) is 19.0 Å². The third-order valence-electron chi connectivity index (χ3n) is 2.66. The Hall–Kier alpha value is -2.17. The van der Waals surface area contributed by atoms with Gasteiger partial charge in [0.05, 0.1) is 5.69 Å². The van der Waals surface area contributed by atoms with Gasteiger partial charge in [-0.15, -0.1) is 0 Å². The predicted octanol–water partition coefficient (Wildman–Crippen LogP) is 2.67. The summed E-state index contributed by atoms with van der Waals surface area (Å²) in [6, 6.07) is 5.99. The molecule has 18 heavy (non-hydrogen) atoms. The number of halogens is 2. The van der Waals surface area contributed by atoms with E-state index in [0.29, 0.717) is 5.69 Å². The number of pyridine rings is 1. The Bertz CT molecular complexity index is 582. The van der Waals surface area contributed by atoms with Gasteiger partial charge in [-0.3, -0.25) is 4.98 Å². The van der Waals surface area contributed by atoms with Crippen molar-refractivity contribution in [3.05, 3.63) is 42.1 Å². The molecular formula is C13H13F2N3. The summed E-state index contributed by atoms with van der Waals surface area (Å²) in [6.07, 6.45) is 1.57. The van der Waals surface area contributed by atoms with Gasteiger partial charge in [0.15, 0.2) is 5.82 Å². The van der Waals surface area contributed by atoms with Crippen LogP contribution in [0.3, 0.4) is 0 Å². The molecule has 3 nitrogen and oxygen atoms in total. The van der Waals surface area contributed by atoms with Crippen LogP contribution in [0.2, 0.25) is 0 Å². The smallest absolute Gasteiger partial charge is 0.158 e. The van der Waals surface area contributed by atoms with Crippen LogP contribution >= 0.6 is 0 Å². The van der Waals surface area contributed by atoms with Crippen LogP contribution in [0.5, 0.6) is 0 Å². The summed E-state index contributed by atoms with van der Waals surface area (Å²) in [5.74, 6) is -1.54. The molecule has 0 amide bonds. The highest BCUT2D eigenvalue weighted by Gasteiger charge is 2.13. The molecule has 1 heterocycles. The van der Waals surface area contributed by atoms with E-state index in [1.165, 1.54) is 6.07 Å². The molecular weight excluding hydrogens is 236 g/mol. The van der Waals surface area contributed by atoms with Gasteiger partial charge < -0.3 is 10.6 Å². The molecule has 2 N–H and O–H groups in total. The van der Waals surface area contributed by atoms with Crippen molar-refractivity contribution in [3.63, 3.8) is 0 Å². The quantitative estimate of drug-likeness (QED) is 0.832. The van der Waals surface area contributed by atoms with Crippen LogP contribution in [0.15, 0.2) is 30.5 Å². The first kappa shape index (κ1) is 12.3. The number of nitrogens with zero attached hydrogens (tertiary/aromatic N) is 2. The standard InChI is InChI=1S/C13H13F2N3/c1-18(2)8-5-6-17-11(7-8)9-3-4-10(14)13(16)12(9)15/h3-7H,16H2,1-2H3. The van der Waals surface area contributed by atoms with E-state index in [-0.39, 0.29) is 5.56 Å². The zero-order valence-corrected chi connectivity index (χ0v) is 10.1. The molecule has 94 valence electrons. The van der Waals surface area contributed by atoms with Crippen molar-refractivity contribution in [2.24, 2.45) is 0 Å². The van der Waals surface area contributed by atoms with E-state index in [2.05, 4.69) is 4.98 Å². The summed E-state index contributed by atoms with van der Waals surface area (Å²) in [5.41, 5.74) is 6.34. The van der Waals surface area contributed by atoms with E-state index in [1.54, 1.807) is 18.3 Å². The zero-order valence-electron chi connectivity index (χ0n) is 10.1. The molecule has 0 fully saturated rings. The second kappa shape index (κ2) is 4.60. The van der Waals surface area contributed by atoms with Crippen molar-refractivity contribution >= 4 is 11.4 Å². The van der Waals surface area contributed by atoms with Crippen LogP contribution in [0.1, 0.15) is 0 Å². The molecule has 0 radical (unpaired) electrons. The Morgan fingerprint density at radius 3 is 2.56 bits per heavy atom. The number of nitrogen functional groups attached to an aromatic ring is 1. The van der Waals surface area contributed by atoms with Crippen molar-refractivity contribution in [1.29, 1.82) is 0 Å². The Labute approximate surface area is 104 Å². The number of benzene rings is 1. The molecule has 5 heteroatoms. The molecule has 0 saturated heterocycles. The van der Waals surface area contributed by atoms with Gasteiger partial charge >= 0.3 is 0 Å². The maximum atomic E-state index is 13.9. The topological polar surface area (TPSA) is 42.2 Å². The first-order valence-electron chi connectivity index (χ1n) is 5.38. The van der Waals surface area contributed by atoms with Crippen LogP contribution < -0.4 is 10.6 Å². The van der Waals surface area contributed by atoms with Gasteiger partial charge in [0.2, 0.25) is 0 Å². The SMILES string of the molecule is CN(C)c1ccnc(-c2ccc(F)c(N)c2F)c1. The lowest BCUT2D eigenvalue weighted by atomic mass is 10.1. The monoisotopic (exact) mass is 249 g/mol. The van der Waals surface area contributed by atoms with Gasteiger partial charge in [0.1, 0.15) is 11.5 Å². The van der Waals surface area contributed by atoms with E-state index >= 15 is 0 Å². The average molecular weight is 249 g/mol. The predicted molar refractivity (Wildman–Crippen MR) is 68.3 cm³/mol. The summed E-state index contributed by atoms with van der Waals surface area (Å²) in [5, 5.41) is 0. The van der Waals surface area contributed by atoms with Crippen molar-refractivity contribution in [2.45, 2.75) is 0 Å².